The van der Waals surface area contributed by atoms with Crippen LogP contribution in [0.1, 0.15) is 23.6 Å². The molecule has 0 radical (unpaired) electrons. The van der Waals surface area contributed by atoms with E-state index in [4.69, 9.17) is 4.74 Å². The van der Waals surface area contributed by atoms with Gasteiger partial charge in [0.2, 0.25) is 5.91 Å². The summed E-state index contributed by atoms with van der Waals surface area (Å²) in [5.41, 5.74) is 5.09. The number of rotatable bonds is 8. The molecule has 0 unspecified atom stereocenters. The summed E-state index contributed by atoms with van der Waals surface area (Å²) in [5.74, 6) is 0.695. The SMILES string of the molecule is CCc1cccc(C)c1NC(=O)CNc1cccc(OCc2ccccc2)c1. The molecule has 2 N–H and O–H groups in total. The highest BCUT2D eigenvalue weighted by atomic mass is 16.5. The van der Waals surface area contributed by atoms with Gasteiger partial charge in [0, 0.05) is 17.4 Å². The third-order valence-corrected chi connectivity index (χ3v) is 4.54. The van der Waals surface area contributed by atoms with E-state index in [2.05, 4.69) is 17.6 Å². The summed E-state index contributed by atoms with van der Waals surface area (Å²) in [6.45, 7) is 4.80. The molecule has 28 heavy (non-hydrogen) atoms. The maximum Gasteiger partial charge on any atom is 0.243 e. The Bertz CT molecular complexity index is 923. The maximum atomic E-state index is 12.4. The average molecular weight is 374 g/mol. The first-order valence-electron chi connectivity index (χ1n) is 9.54. The van der Waals surface area contributed by atoms with Crippen LogP contribution in [0.3, 0.4) is 0 Å². The molecule has 0 aromatic heterocycles. The van der Waals surface area contributed by atoms with Gasteiger partial charge in [0.05, 0.1) is 6.54 Å². The number of anilines is 2. The Morgan fingerprint density at radius 1 is 0.964 bits per heavy atom. The quantitative estimate of drug-likeness (QED) is 0.571. The Hall–Kier alpha value is -3.27. The standard InChI is InChI=1S/C24H26N2O2/c1-3-20-12-7-9-18(2)24(20)26-23(27)16-25-21-13-8-14-22(15-21)28-17-19-10-5-4-6-11-19/h4-15,25H,3,16-17H2,1-2H3,(H,26,27). The normalized spacial score (nSPS) is 10.4. The summed E-state index contributed by atoms with van der Waals surface area (Å²) < 4.78 is 5.84. The number of para-hydroxylation sites is 1. The van der Waals surface area contributed by atoms with Crippen molar-refractivity contribution in [2.45, 2.75) is 26.9 Å². The number of nitrogens with one attached hydrogen (secondary N) is 2. The van der Waals surface area contributed by atoms with Gasteiger partial charge >= 0.3 is 0 Å². The predicted octanol–water partition coefficient (Wildman–Crippen LogP) is 5.19. The first-order valence-corrected chi connectivity index (χ1v) is 9.54. The van der Waals surface area contributed by atoms with Gasteiger partial charge in [0.1, 0.15) is 12.4 Å². The van der Waals surface area contributed by atoms with E-state index < -0.39 is 0 Å². The van der Waals surface area contributed by atoms with E-state index in [9.17, 15) is 4.79 Å². The second-order valence-corrected chi connectivity index (χ2v) is 6.67. The molecule has 3 aromatic rings. The third-order valence-electron chi connectivity index (χ3n) is 4.54. The summed E-state index contributed by atoms with van der Waals surface area (Å²) in [7, 11) is 0. The number of carbonyl (C=O) groups excluding carboxylic acids is 1. The summed E-state index contributed by atoms with van der Waals surface area (Å²) in [6.07, 6.45) is 0.880. The lowest BCUT2D eigenvalue weighted by Gasteiger charge is -2.14. The number of benzene rings is 3. The van der Waals surface area contributed by atoms with E-state index in [1.165, 1.54) is 0 Å². The molecule has 4 heteroatoms. The highest BCUT2D eigenvalue weighted by molar-refractivity contribution is 5.95. The van der Waals surface area contributed by atoms with E-state index in [1.54, 1.807) is 0 Å². The average Bonchev–Trinajstić information content (AvgIpc) is 2.73. The molecule has 3 rings (SSSR count). The summed E-state index contributed by atoms with van der Waals surface area (Å²) in [4.78, 5) is 12.4. The summed E-state index contributed by atoms with van der Waals surface area (Å²) in [6, 6.07) is 23.8. The van der Waals surface area contributed by atoms with Crippen LogP contribution in [0.25, 0.3) is 0 Å². The Morgan fingerprint density at radius 3 is 2.54 bits per heavy atom. The van der Waals surface area contributed by atoms with Crippen LogP contribution in [0.2, 0.25) is 0 Å². The number of hydrogen-bond acceptors (Lipinski definition) is 3. The van der Waals surface area contributed by atoms with Crippen LogP contribution in [0, 0.1) is 6.92 Å². The molecule has 0 heterocycles. The van der Waals surface area contributed by atoms with Gasteiger partial charge in [-0.25, -0.2) is 0 Å². The van der Waals surface area contributed by atoms with Crippen LogP contribution >= 0.6 is 0 Å². The molecule has 0 fully saturated rings. The molecule has 0 aliphatic heterocycles. The van der Waals surface area contributed by atoms with Gasteiger partial charge in [-0.3, -0.25) is 4.79 Å². The Kier molecular flexibility index (Phi) is 6.68. The lowest BCUT2D eigenvalue weighted by atomic mass is 10.1. The molecule has 0 aliphatic rings. The molecule has 0 saturated heterocycles. The largest absolute Gasteiger partial charge is 0.489 e. The number of amides is 1. The van der Waals surface area contributed by atoms with Crippen LogP contribution in [-0.4, -0.2) is 12.5 Å². The molecule has 3 aromatic carbocycles. The zero-order chi connectivity index (χ0) is 19.8. The minimum absolute atomic E-state index is 0.0698. The number of carbonyl (C=O) groups is 1. The molecule has 1 amide bonds. The molecular weight excluding hydrogens is 348 g/mol. The van der Waals surface area contributed by atoms with E-state index >= 15 is 0 Å². The van der Waals surface area contributed by atoms with Gasteiger partial charge in [-0.05, 0) is 42.2 Å². The van der Waals surface area contributed by atoms with Crippen molar-refractivity contribution in [2.24, 2.45) is 0 Å². The second kappa shape index (κ2) is 9.60. The molecule has 0 atom stereocenters. The maximum absolute atomic E-state index is 12.4. The van der Waals surface area contributed by atoms with Crippen LogP contribution in [0.4, 0.5) is 11.4 Å². The topological polar surface area (TPSA) is 50.4 Å². The van der Waals surface area contributed by atoms with Crippen LogP contribution in [0.15, 0.2) is 72.8 Å². The highest BCUT2D eigenvalue weighted by Crippen LogP contribution is 2.21. The van der Waals surface area contributed by atoms with Crippen molar-refractivity contribution in [3.8, 4) is 5.75 Å². The predicted molar refractivity (Wildman–Crippen MR) is 115 cm³/mol. The highest BCUT2D eigenvalue weighted by Gasteiger charge is 2.08. The molecule has 0 spiro atoms. The smallest absolute Gasteiger partial charge is 0.243 e. The molecule has 144 valence electrons. The lowest BCUT2D eigenvalue weighted by Crippen LogP contribution is -2.22. The monoisotopic (exact) mass is 374 g/mol. The molecule has 4 nitrogen and oxygen atoms in total. The Labute approximate surface area is 166 Å². The molecule has 0 aliphatic carbocycles. The van der Waals surface area contributed by atoms with Crippen molar-refractivity contribution in [1.29, 1.82) is 0 Å². The fraction of sp³-hybridized carbons (Fsp3) is 0.208. The molecule has 0 saturated carbocycles. The van der Waals surface area contributed by atoms with Gasteiger partial charge in [0.25, 0.3) is 0 Å². The zero-order valence-corrected chi connectivity index (χ0v) is 16.4. The molecular formula is C24H26N2O2. The summed E-state index contributed by atoms with van der Waals surface area (Å²) in [5, 5.41) is 6.20. The van der Waals surface area contributed by atoms with Crippen molar-refractivity contribution in [3.63, 3.8) is 0 Å². The van der Waals surface area contributed by atoms with Gasteiger partial charge in [-0.15, -0.1) is 0 Å². The number of ether oxygens (including phenoxy) is 1. The number of hydrogen-bond donors (Lipinski definition) is 2. The van der Waals surface area contributed by atoms with E-state index in [0.717, 1.165) is 40.2 Å². The van der Waals surface area contributed by atoms with Crippen molar-refractivity contribution in [1.82, 2.24) is 0 Å². The van der Waals surface area contributed by atoms with Crippen LogP contribution in [0.5, 0.6) is 5.75 Å². The van der Waals surface area contributed by atoms with Crippen LogP contribution in [-0.2, 0) is 17.8 Å². The first kappa shape index (κ1) is 19.5. The van der Waals surface area contributed by atoms with E-state index in [-0.39, 0.29) is 12.5 Å². The van der Waals surface area contributed by atoms with Crippen LogP contribution < -0.4 is 15.4 Å². The number of aryl methyl sites for hydroxylation is 2. The second-order valence-electron chi connectivity index (χ2n) is 6.67. The van der Waals surface area contributed by atoms with E-state index in [1.807, 2.05) is 79.7 Å². The zero-order valence-electron chi connectivity index (χ0n) is 16.4. The fourth-order valence-electron chi connectivity index (χ4n) is 3.00. The Morgan fingerprint density at radius 2 is 1.75 bits per heavy atom. The van der Waals surface area contributed by atoms with Gasteiger partial charge < -0.3 is 15.4 Å². The third kappa shape index (κ3) is 5.36. The van der Waals surface area contributed by atoms with Crippen molar-refractivity contribution in [3.05, 3.63) is 89.5 Å². The first-order chi connectivity index (χ1) is 13.7. The fourth-order valence-corrected chi connectivity index (χ4v) is 3.00. The van der Waals surface area contributed by atoms with E-state index in [0.29, 0.717) is 6.61 Å². The van der Waals surface area contributed by atoms with Gasteiger partial charge in [0.15, 0.2) is 0 Å². The van der Waals surface area contributed by atoms with Crippen molar-refractivity contribution >= 4 is 17.3 Å². The van der Waals surface area contributed by atoms with Crippen molar-refractivity contribution < 1.29 is 9.53 Å². The Balaban J connectivity index is 1.55. The summed E-state index contributed by atoms with van der Waals surface area (Å²) >= 11 is 0. The lowest BCUT2D eigenvalue weighted by molar-refractivity contribution is -0.114. The minimum Gasteiger partial charge on any atom is -0.489 e. The minimum atomic E-state index is -0.0698. The van der Waals surface area contributed by atoms with Crippen molar-refractivity contribution in [2.75, 3.05) is 17.2 Å². The molecule has 0 bridgehead atoms. The van der Waals surface area contributed by atoms with Gasteiger partial charge in [-0.2, -0.15) is 0 Å². The van der Waals surface area contributed by atoms with Gasteiger partial charge in [-0.1, -0.05) is 61.5 Å².